The van der Waals surface area contributed by atoms with E-state index < -0.39 is 26.1 Å². The molecule has 0 bridgehead atoms. The van der Waals surface area contributed by atoms with Crippen LogP contribution in [0.1, 0.15) is 30.5 Å². The highest BCUT2D eigenvalue weighted by molar-refractivity contribution is 7.92. The molecule has 3 aromatic rings. The number of anilines is 1. The van der Waals surface area contributed by atoms with Crippen molar-refractivity contribution in [3.8, 4) is 5.75 Å². The van der Waals surface area contributed by atoms with Gasteiger partial charge in [0, 0.05) is 12.1 Å². The van der Waals surface area contributed by atoms with Crippen molar-refractivity contribution in [3.63, 3.8) is 0 Å². The minimum atomic E-state index is -3.95. The molecule has 1 atom stereocenters. The Morgan fingerprint density at radius 2 is 1.71 bits per heavy atom. The van der Waals surface area contributed by atoms with Gasteiger partial charge in [-0.3, -0.25) is 4.72 Å². The van der Waals surface area contributed by atoms with E-state index in [9.17, 15) is 16.8 Å². The fourth-order valence-corrected chi connectivity index (χ4v) is 5.80. The molecule has 0 saturated carbocycles. The maximum atomic E-state index is 13.6. The van der Waals surface area contributed by atoms with Crippen LogP contribution in [0.4, 0.5) is 5.69 Å². The summed E-state index contributed by atoms with van der Waals surface area (Å²) >= 11 is 0. The van der Waals surface area contributed by atoms with E-state index in [1.807, 2.05) is 31.2 Å². The largest absolute Gasteiger partial charge is 0.494 e. The van der Waals surface area contributed by atoms with Crippen LogP contribution in [-0.4, -0.2) is 39.8 Å². The van der Waals surface area contributed by atoms with Crippen LogP contribution in [0.5, 0.6) is 5.75 Å². The monoisotopic (exact) mass is 499 g/mol. The number of hydrogen-bond acceptors (Lipinski definition) is 6. The fourth-order valence-electron chi connectivity index (χ4n) is 3.79. The molecular weight excluding hydrogens is 474 g/mol. The van der Waals surface area contributed by atoms with E-state index in [2.05, 4.69) is 9.82 Å². The lowest BCUT2D eigenvalue weighted by molar-refractivity contribution is 0.336. The average molecular weight is 500 g/mol. The lowest BCUT2D eigenvalue weighted by Gasteiger charge is -2.23. The van der Waals surface area contributed by atoms with Crippen molar-refractivity contribution in [2.75, 3.05) is 17.6 Å². The Labute approximate surface area is 200 Å². The van der Waals surface area contributed by atoms with E-state index in [4.69, 9.17) is 4.74 Å². The van der Waals surface area contributed by atoms with Crippen LogP contribution >= 0.6 is 0 Å². The lowest BCUT2D eigenvalue weighted by atomic mass is 9.99. The Morgan fingerprint density at radius 3 is 2.41 bits per heavy atom. The quantitative estimate of drug-likeness (QED) is 0.504. The SMILES string of the molecule is CCOc1cccc(C2CC(c3cccc(NS(C)(=O)=O)c3)=NN2S(=O)(=O)c2ccccc2)c1. The molecule has 3 aromatic carbocycles. The van der Waals surface area contributed by atoms with E-state index in [1.165, 1.54) is 12.1 Å². The van der Waals surface area contributed by atoms with Crippen molar-refractivity contribution in [3.05, 3.63) is 90.0 Å². The third kappa shape index (κ3) is 5.23. The third-order valence-electron chi connectivity index (χ3n) is 5.21. The first kappa shape index (κ1) is 23.8. The van der Waals surface area contributed by atoms with E-state index in [-0.39, 0.29) is 4.90 Å². The summed E-state index contributed by atoms with van der Waals surface area (Å²) in [6.07, 6.45) is 1.38. The van der Waals surface area contributed by atoms with Crippen LogP contribution in [0.15, 0.2) is 88.9 Å². The zero-order valence-electron chi connectivity index (χ0n) is 18.7. The maximum Gasteiger partial charge on any atom is 0.279 e. The second-order valence-corrected chi connectivity index (χ2v) is 11.4. The predicted octanol–water partition coefficient (Wildman–Crippen LogP) is 4.00. The van der Waals surface area contributed by atoms with Crippen molar-refractivity contribution in [2.45, 2.75) is 24.3 Å². The zero-order valence-corrected chi connectivity index (χ0v) is 20.4. The molecule has 10 heteroatoms. The van der Waals surface area contributed by atoms with Gasteiger partial charge >= 0.3 is 0 Å². The van der Waals surface area contributed by atoms with Crippen molar-refractivity contribution < 1.29 is 21.6 Å². The van der Waals surface area contributed by atoms with Gasteiger partial charge in [0.05, 0.1) is 29.5 Å². The van der Waals surface area contributed by atoms with Crippen LogP contribution in [0.3, 0.4) is 0 Å². The molecule has 1 N–H and O–H groups in total. The molecule has 1 unspecified atom stereocenters. The average Bonchev–Trinajstić information content (AvgIpc) is 3.26. The Balaban J connectivity index is 1.78. The molecule has 34 heavy (non-hydrogen) atoms. The van der Waals surface area contributed by atoms with Gasteiger partial charge in [0.25, 0.3) is 10.0 Å². The first-order valence-corrected chi connectivity index (χ1v) is 14.0. The highest BCUT2D eigenvalue weighted by Crippen LogP contribution is 2.38. The number of hydrazone groups is 1. The van der Waals surface area contributed by atoms with Crippen molar-refractivity contribution in [1.29, 1.82) is 0 Å². The Kier molecular flexibility index (Phi) is 6.63. The first-order chi connectivity index (χ1) is 16.2. The van der Waals surface area contributed by atoms with Gasteiger partial charge in [-0.1, -0.05) is 42.5 Å². The van der Waals surface area contributed by atoms with Gasteiger partial charge in [-0.25, -0.2) is 8.42 Å². The third-order valence-corrected chi connectivity index (χ3v) is 7.52. The Hall–Kier alpha value is -3.37. The molecule has 178 valence electrons. The summed E-state index contributed by atoms with van der Waals surface area (Å²) in [7, 11) is -7.41. The van der Waals surface area contributed by atoms with Crippen LogP contribution in [0.2, 0.25) is 0 Å². The number of ether oxygens (including phenoxy) is 1. The normalized spacial score (nSPS) is 16.2. The number of benzene rings is 3. The molecule has 1 aliphatic rings. The molecule has 0 aromatic heterocycles. The van der Waals surface area contributed by atoms with Crippen LogP contribution in [0, 0.1) is 0 Å². The highest BCUT2D eigenvalue weighted by Gasteiger charge is 2.38. The minimum Gasteiger partial charge on any atom is -0.494 e. The maximum absolute atomic E-state index is 13.6. The number of rotatable bonds is 8. The molecule has 0 radical (unpaired) electrons. The van der Waals surface area contributed by atoms with Gasteiger partial charge in [-0.2, -0.15) is 17.9 Å². The summed E-state index contributed by atoms with van der Waals surface area (Å²) in [5, 5.41) is 4.52. The van der Waals surface area contributed by atoms with Gasteiger partial charge in [-0.15, -0.1) is 0 Å². The predicted molar refractivity (Wildman–Crippen MR) is 132 cm³/mol. The van der Waals surface area contributed by atoms with Gasteiger partial charge in [0.1, 0.15) is 5.75 Å². The minimum absolute atomic E-state index is 0.137. The number of hydrogen-bond donors (Lipinski definition) is 1. The molecule has 8 nitrogen and oxygen atoms in total. The van der Waals surface area contributed by atoms with E-state index >= 15 is 0 Å². The Morgan fingerprint density at radius 1 is 0.971 bits per heavy atom. The summed E-state index contributed by atoms with van der Waals surface area (Å²) < 4.78 is 59.6. The number of sulfonamides is 2. The van der Waals surface area contributed by atoms with Crippen LogP contribution in [-0.2, 0) is 20.0 Å². The van der Waals surface area contributed by atoms with Crippen molar-refractivity contribution in [1.82, 2.24) is 4.41 Å². The smallest absolute Gasteiger partial charge is 0.279 e. The molecule has 0 amide bonds. The van der Waals surface area contributed by atoms with Gasteiger partial charge in [0.2, 0.25) is 10.0 Å². The van der Waals surface area contributed by atoms with E-state index in [0.29, 0.717) is 35.7 Å². The van der Waals surface area contributed by atoms with Crippen molar-refractivity contribution in [2.24, 2.45) is 5.10 Å². The summed E-state index contributed by atoms with van der Waals surface area (Å²) in [4.78, 5) is 0.137. The summed E-state index contributed by atoms with van der Waals surface area (Å²) in [6.45, 7) is 2.37. The second-order valence-electron chi connectivity index (χ2n) is 7.82. The topological polar surface area (TPSA) is 105 Å². The molecule has 4 rings (SSSR count). The summed E-state index contributed by atoms with van der Waals surface area (Å²) in [6, 6.07) is 21.6. The second kappa shape index (κ2) is 9.47. The lowest BCUT2D eigenvalue weighted by Crippen LogP contribution is -2.27. The molecule has 0 aliphatic carbocycles. The van der Waals surface area contributed by atoms with E-state index in [1.54, 1.807) is 42.5 Å². The zero-order chi connectivity index (χ0) is 24.3. The molecule has 0 spiro atoms. The number of nitrogens with one attached hydrogen (secondary N) is 1. The Bertz CT molecular complexity index is 1420. The molecule has 1 heterocycles. The molecular formula is C24H25N3O5S2. The first-order valence-electron chi connectivity index (χ1n) is 10.7. The number of nitrogens with zero attached hydrogens (tertiary/aromatic N) is 2. The van der Waals surface area contributed by atoms with Gasteiger partial charge in [0.15, 0.2) is 0 Å². The van der Waals surface area contributed by atoms with Gasteiger partial charge < -0.3 is 4.74 Å². The van der Waals surface area contributed by atoms with Crippen molar-refractivity contribution >= 4 is 31.4 Å². The van der Waals surface area contributed by atoms with Crippen LogP contribution < -0.4 is 9.46 Å². The van der Waals surface area contributed by atoms with Gasteiger partial charge in [-0.05, 0) is 54.4 Å². The van der Waals surface area contributed by atoms with Crippen LogP contribution in [0.25, 0.3) is 0 Å². The molecule has 1 aliphatic heterocycles. The molecule has 0 saturated heterocycles. The summed E-state index contributed by atoms with van der Waals surface area (Å²) in [5.41, 5.74) is 2.28. The summed E-state index contributed by atoms with van der Waals surface area (Å²) in [5.74, 6) is 0.643. The highest BCUT2D eigenvalue weighted by atomic mass is 32.2. The fraction of sp³-hybridized carbons (Fsp3) is 0.208. The molecule has 0 fully saturated rings. The van der Waals surface area contributed by atoms with E-state index in [0.717, 1.165) is 16.2 Å². The standard InChI is InChI=1S/C24H25N3O5S2/c1-3-32-21-12-8-10-19(16-21)24-17-23(18-9-7-11-20(15-18)26-33(2,28)29)25-27(24)34(30,31)22-13-5-4-6-14-22/h4-16,24,26H,3,17H2,1-2H3.